The summed E-state index contributed by atoms with van der Waals surface area (Å²) in [5.41, 5.74) is 1.18. The first-order valence-electron chi connectivity index (χ1n) is 7.53. The third-order valence-corrected chi connectivity index (χ3v) is 4.35. The normalized spacial score (nSPS) is 18.3. The maximum Gasteiger partial charge on any atom is 0.248 e. The zero-order chi connectivity index (χ0) is 15.5. The van der Waals surface area contributed by atoms with Gasteiger partial charge in [0.15, 0.2) is 0 Å². The van der Waals surface area contributed by atoms with Crippen molar-refractivity contribution < 1.29 is 9.59 Å². The Morgan fingerprint density at radius 2 is 2.05 bits per heavy atom. The molecule has 0 saturated carbocycles. The van der Waals surface area contributed by atoms with Crippen LogP contribution in [0.2, 0.25) is 0 Å². The third-order valence-electron chi connectivity index (χ3n) is 4.35. The Labute approximate surface area is 125 Å². The average Bonchev–Trinajstić information content (AvgIpc) is 2.61. The van der Waals surface area contributed by atoms with Crippen molar-refractivity contribution in [2.24, 2.45) is 0 Å². The van der Waals surface area contributed by atoms with E-state index in [1.54, 1.807) is 11.1 Å². The van der Waals surface area contributed by atoms with Crippen LogP contribution in [0.15, 0.2) is 18.3 Å². The second-order valence-electron chi connectivity index (χ2n) is 5.58. The van der Waals surface area contributed by atoms with Gasteiger partial charge >= 0.3 is 0 Å². The van der Waals surface area contributed by atoms with Crippen molar-refractivity contribution in [3.05, 3.63) is 29.6 Å². The first-order valence-corrected chi connectivity index (χ1v) is 7.53. The molecular weight excluding hydrogens is 266 g/mol. The van der Waals surface area contributed by atoms with Gasteiger partial charge in [0.2, 0.25) is 11.8 Å². The number of hydrogen-bond donors (Lipinski definition) is 1. The van der Waals surface area contributed by atoms with Gasteiger partial charge in [-0.05, 0) is 31.4 Å². The summed E-state index contributed by atoms with van der Waals surface area (Å²) in [6.07, 6.45) is 3.29. The van der Waals surface area contributed by atoms with E-state index < -0.39 is 5.54 Å². The SMILES string of the molecule is CCC1(CC)NC(=O)CCN(Cc2ncccc2C)C1=O. The Hall–Kier alpha value is -1.91. The second-order valence-corrected chi connectivity index (χ2v) is 5.58. The van der Waals surface area contributed by atoms with Crippen molar-refractivity contribution in [2.45, 2.75) is 52.1 Å². The van der Waals surface area contributed by atoms with E-state index in [9.17, 15) is 9.59 Å². The van der Waals surface area contributed by atoms with Crippen LogP contribution in [0.3, 0.4) is 0 Å². The van der Waals surface area contributed by atoms with Crippen LogP contribution in [0.1, 0.15) is 44.4 Å². The zero-order valence-electron chi connectivity index (χ0n) is 13.0. The van der Waals surface area contributed by atoms with E-state index in [2.05, 4.69) is 10.3 Å². The van der Waals surface area contributed by atoms with Crippen molar-refractivity contribution >= 4 is 11.8 Å². The van der Waals surface area contributed by atoms with Crippen molar-refractivity contribution in [1.82, 2.24) is 15.2 Å². The number of hydrogen-bond acceptors (Lipinski definition) is 3. The molecule has 0 aromatic carbocycles. The Morgan fingerprint density at radius 3 is 2.67 bits per heavy atom. The maximum absolute atomic E-state index is 12.9. The Balaban J connectivity index is 2.28. The number of pyridine rings is 1. The Bertz CT molecular complexity index is 538. The fraction of sp³-hybridized carbons (Fsp3) is 0.562. The molecule has 1 aliphatic heterocycles. The fourth-order valence-electron chi connectivity index (χ4n) is 2.77. The van der Waals surface area contributed by atoms with Crippen LogP contribution in [-0.4, -0.2) is 33.8 Å². The quantitative estimate of drug-likeness (QED) is 0.919. The highest BCUT2D eigenvalue weighted by molar-refractivity contribution is 5.93. The van der Waals surface area contributed by atoms with Crippen LogP contribution in [-0.2, 0) is 16.1 Å². The van der Waals surface area contributed by atoms with Gasteiger partial charge < -0.3 is 10.2 Å². The lowest BCUT2D eigenvalue weighted by Gasteiger charge is -2.33. The van der Waals surface area contributed by atoms with Gasteiger partial charge in [0.1, 0.15) is 5.54 Å². The standard InChI is InChI=1S/C16H23N3O2/c1-4-16(5-2)15(21)19(10-8-14(20)18-16)11-13-12(3)7-6-9-17-13/h6-7,9H,4-5,8,10-11H2,1-3H3,(H,18,20). The summed E-state index contributed by atoms with van der Waals surface area (Å²) in [4.78, 5) is 30.9. The summed E-state index contributed by atoms with van der Waals surface area (Å²) in [6, 6.07) is 3.87. The highest BCUT2D eigenvalue weighted by atomic mass is 16.2. The molecule has 0 bridgehead atoms. The number of carbonyl (C=O) groups excluding carboxylic acids is 2. The monoisotopic (exact) mass is 289 g/mol. The van der Waals surface area contributed by atoms with Crippen LogP contribution in [0.4, 0.5) is 0 Å². The Morgan fingerprint density at radius 1 is 1.33 bits per heavy atom. The molecule has 2 heterocycles. The van der Waals surface area contributed by atoms with E-state index in [4.69, 9.17) is 0 Å². The molecule has 1 saturated heterocycles. The molecule has 2 rings (SSSR count). The largest absolute Gasteiger partial charge is 0.342 e. The first kappa shape index (κ1) is 15.5. The number of amides is 2. The fourth-order valence-corrected chi connectivity index (χ4v) is 2.77. The van der Waals surface area contributed by atoms with Crippen molar-refractivity contribution in [1.29, 1.82) is 0 Å². The zero-order valence-corrected chi connectivity index (χ0v) is 13.0. The highest BCUT2D eigenvalue weighted by Gasteiger charge is 2.41. The summed E-state index contributed by atoms with van der Waals surface area (Å²) < 4.78 is 0. The van der Waals surface area contributed by atoms with Gasteiger partial charge in [0, 0.05) is 19.2 Å². The van der Waals surface area contributed by atoms with Crippen molar-refractivity contribution in [2.75, 3.05) is 6.54 Å². The van der Waals surface area contributed by atoms with E-state index >= 15 is 0 Å². The molecule has 1 fully saturated rings. The smallest absolute Gasteiger partial charge is 0.248 e. The summed E-state index contributed by atoms with van der Waals surface area (Å²) in [7, 11) is 0. The minimum absolute atomic E-state index is 0.00315. The van der Waals surface area contributed by atoms with E-state index in [1.807, 2.05) is 32.9 Å². The second kappa shape index (κ2) is 6.24. The maximum atomic E-state index is 12.9. The van der Waals surface area contributed by atoms with Crippen molar-refractivity contribution in [3.8, 4) is 0 Å². The molecule has 1 aliphatic rings. The van der Waals surface area contributed by atoms with Gasteiger partial charge in [-0.3, -0.25) is 14.6 Å². The minimum atomic E-state index is -0.768. The van der Waals surface area contributed by atoms with E-state index in [0.29, 0.717) is 32.4 Å². The lowest BCUT2D eigenvalue weighted by atomic mass is 9.91. The highest BCUT2D eigenvalue weighted by Crippen LogP contribution is 2.23. The molecule has 0 aliphatic carbocycles. The molecule has 0 unspecified atom stereocenters. The first-order chi connectivity index (χ1) is 10.0. The molecule has 114 valence electrons. The number of aromatic nitrogens is 1. The van der Waals surface area contributed by atoms with Gasteiger partial charge in [-0.1, -0.05) is 19.9 Å². The molecule has 0 atom stereocenters. The molecule has 2 amide bonds. The minimum Gasteiger partial charge on any atom is -0.342 e. The molecular formula is C16H23N3O2. The summed E-state index contributed by atoms with van der Waals surface area (Å²) in [6.45, 7) is 6.78. The van der Waals surface area contributed by atoms with E-state index in [1.165, 1.54) is 0 Å². The van der Waals surface area contributed by atoms with Crippen LogP contribution in [0.5, 0.6) is 0 Å². The van der Waals surface area contributed by atoms with Crippen LogP contribution in [0, 0.1) is 6.92 Å². The van der Waals surface area contributed by atoms with Gasteiger partial charge in [0.05, 0.1) is 12.2 Å². The summed E-state index contributed by atoms with van der Waals surface area (Å²) in [5.74, 6) is -0.0457. The molecule has 5 nitrogen and oxygen atoms in total. The predicted octanol–water partition coefficient (Wildman–Crippen LogP) is 1.80. The number of nitrogens with one attached hydrogen (secondary N) is 1. The summed E-state index contributed by atoms with van der Waals surface area (Å²) in [5, 5.41) is 2.92. The molecule has 0 spiro atoms. The van der Waals surface area contributed by atoms with Gasteiger partial charge in [-0.15, -0.1) is 0 Å². The number of rotatable bonds is 4. The van der Waals surface area contributed by atoms with Crippen molar-refractivity contribution in [3.63, 3.8) is 0 Å². The van der Waals surface area contributed by atoms with E-state index in [0.717, 1.165) is 11.3 Å². The molecule has 5 heteroatoms. The summed E-state index contributed by atoms with van der Waals surface area (Å²) >= 11 is 0. The lowest BCUT2D eigenvalue weighted by Crippen LogP contribution is -2.56. The number of carbonyl (C=O) groups is 2. The molecule has 1 N–H and O–H groups in total. The van der Waals surface area contributed by atoms with Gasteiger partial charge in [-0.25, -0.2) is 0 Å². The van der Waals surface area contributed by atoms with Gasteiger partial charge in [-0.2, -0.15) is 0 Å². The van der Waals surface area contributed by atoms with Crippen LogP contribution >= 0.6 is 0 Å². The molecule has 0 radical (unpaired) electrons. The Kier molecular flexibility index (Phi) is 4.60. The lowest BCUT2D eigenvalue weighted by molar-refractivity contribution is -0.139. The van der Waals surface area contributed by atoms with Crippen LogP contribution < -0.4 is 5.32 Å². The molecule has 1 aromatic heterocycles. The predicted molar refractivity (Wildman–Crippen MR) is 80.5 cm³/mol. The van der Waals surface area contributed by atoms with E-state index in [-0.39, 0.29) is 11.8 Å². The molecule has 21 heavy (non-hydrogen) atoms. The van der Waals surface area contributed by atoms with Crippen LogP contribution in [0.25, 0.3) is 0 Å². The number of nitrogens with zero attached hydrogens (tertiary/aromatic N) is 2. The average molecular weight is 289 g/mol. The third kappa shape index (κ3) is 3.06. The topological polar surface area (TPSA) is 62.3 Å². The number of aryl methyl sites for hydroxylation is 1. The molecule has 1 aromatic rings. The van der Waals surface area contributed by atoms with Gasteiger partial charge in [0.25, 0.3) is 0 Å².